The zero-order valence-electron chi connectivity index (χ0n) is 12.3. The third kappa shape index (κ3) is 3.72. The van der Waals surface area contributed by atoms with Crippen LogP contribution in [0.15, 0.2) is 18.2 Å². The first-order valence-electron chi connectivity index (χ1n) is 7.19. The van der Waals surface area contributed by atoms with E-state index in [-0.39, 0.29) is 18.8 Å². The Morgan fingerprint density at radius 2 is 2.18 bits per heavy atom. The lowest BCUT2D eigenvalue weighted by Crippen LogP contribution is -2.44. The average Bonchev–Trinajstić information content (AvgIpc) is 2.52. The number of amides is 2. The summed E-state index contributed by atoms with van der Waals surface area (Å²) in [4.78, 5) is 25.3. The van der Waals surface area contributed by atoms with E-state index in [0.29, 0.717) is 19.4 Å². The Morgan fingerprint density at radius 1 is 1.41 bits per heavy atom. The molecule has 5 nitrogen and oxygen atoms in total. The first-order valence-corrected chi connectivity index (χ1v) is 7.19. The minimum Gasteiger partial charge on any atom is -0.450 e. The molecular weight excluding hydrogens is 294 g/mol. The van der Waals surface area contributed by atoms with Crippen LogP contribution in [0.3, 0.4) is 0 Å². The predicted octanol–water partition coefficient (Wildman–Crippen LogP) is 2.77. The molecule has 0 spiro atoms. The van der Waals surface area contributed by atoms with Crippen molar-refractivity contribution < 1.29 is 23.1 Å². The molecular formula is C15H18F2N2O3. The van der Waals surface area contributed by atoms with Crippen LogP contribution in [0.5, 0.6) is 0 Å². The van der Waals surface area contributed by atoms with Crippen molar-refractivity contribution in [2.75, 3.05) is 25.0 Å². The molecule has 0 saturated carbocycles. The summed E-state index contributed by atoms with van der Waals surface area (Å²) in [5.41, 5.74) is -0.196. The van der Waals surface area contributed by atoms with Crippen LogP contribution < -0.4 is 5.32 Å². The zero-order valence-corrected chi connectivity index (χ0v) is 12.3. The van der Waals surface area contributed by atoms with Gasteiger partial charge >= 0.3 is 6.09 Å². The van der Waals surface area contributed by atoms with Crippen molar-refractivity contribution in [1.82, 2.24) is 4.90 Å². The van der Waals surface area contributed by atoms with E-state index in [9.17, 15) is 18.4 Å². The fraction of sp³-hybridized carbons (Fsp3) is 0.467. The number of nitrogens with zero attached hydrogens (tertiary/aromatic N) is 1. The van der Waals surface area contributed by atoms with Gasteiger partial charge < -0.3 is 15.0 Å². The summed E-state index contributed by atoms with van der Waals surface area (Å²) >= 11 is 0. The summed E-state index contributed by atoms with van der Waals surface area (Å²) in [6.07, 6.45) is 0.776. The monoisotopic (exact) mass is 312 g/mol. The Labute approximate surface area is 127 Å². The Hall–Kier alpha value is -2.18. The van der Waals surface area contributed by atoms with E-state index < -0.39 is 29.6 Å². The largest absolute Gasteiger partial charge is 0.450 e. The molecule has 1 aromatic carbocycles. The van der Waals surface area contributed by atoms with Crippen LogP contribution in [-0.4, -0.2) is 36.6 Å². The molecule has 1 saturated heterocycles. The standard InChI is InChI=1S/C15H18F2N2O3/c1-2-22-15(21)19-8-4-5-10(9-19)14(20)18-12-7-3-6-11(16)13(12)17/h3,6-7,10H,2,4-5,8-9H2,1H3,(H,18,20). The molecule has 1 fully saturated rings. The van der Waals surface area contributed by atoms with Crippen LogP contribution in [0.4, 0.5) is 19.3 Å². The molecule has 120 valence electrons. The van der Waals surface area contributed by atoms with Gasteiger partial charge in [-0.3, -0.25) is 4.79 Å². The molecule has 7 heteroatoms. The number of carbonyl (C=O) groups is 2. The average molecular weight is 312 g/mol. The van der Waals surface area contributed by atoms with E-state index in [1.807, 2.05) is 0 Å². The van der Waals surface area contributed by atoms with E-state index in [2.05, 4.69) is 5.32 Å². The van der Waals surface area contributed by atoms with Crippen molar-refractivity contribution >= 4 is 17.7 Å². The van der Waals surface area contributed by atoms with Crippen molar-refractivity contribution in [3.8, 4) is 0 Å². The van der Waals surface area contributed by atoms with Gasteiger partial charge in [-0.2, -0.15) is 0 Å². The number of likely N-dealkylation sites (tertiary alicyclic amines) is 1. The lowest BCUT2D eigenvalue weighted by atomic mass is 9.97. The van der Waals surface area contributed by atoms with Crippen molar-refractivity contribution in [3.63, 3.8) is 0 Å². The van der Waals surface area contributed by atoms with Gasteiger partial charge in [-0.05, 0) is 31.9 Å². The number of benzene rings is 1. The molecule has 1 N–H and O–H groups in total. The number of anilines is 1. The zero-order chi connectivity index (χ0) is 16.1. The fourth-order valence-corrected chi connectivity index (χ4v) is 2.41. The molecule has 0 radical (unpaired) electrons. The molecule has 2 rings (SSSR count). The molecule has 1 aliphatic heterocycles. The van der Waals surface area contributed by atoms with Crippen LogP contribution in [0, 0.1) is 17.6 Å². The van der Waals surface area contributed by atoms with Gasteiger partial charge in [-0.15, -0.1) is 0 Å². The van der Waals surface area contributed by atoms with Crippen molar-refractivity contribution in [3.05, 3.63) is 29.8 Å². The van der Waals surface area contributed by atoms with Crippen LogP contribution in [0.1, 0.15) is 19.8 Å². The number of halogens is 2. The number of nitrogens with one attached hydrogen (secondary N) is 1. The van der Waals surface area contributed by atoms with Gasteiger partial charge in [-0.1, -0.05) is 6.07 Å². The first kappa shape index (κ1) is 16.2. The molecule has 1 aromatic rings. The van der Waals surface area contributed by atoms with Gasteiger partial charge in [-0.25, -0.2) is 13.6 Å². The first-order chi connectivity index (χ1) is 10.5. The predicted molar refractivity (Wildman–Crippen MR) is 76.3 cm³/mol. The SMILES string of the molecule is CCOC(=O)N1CCCC(C(=O)Nc2cccc(F)c2F)C1. The van der Waals surface area contributed by atoms with E-state index in [4.69, 9.17) is 4.74 Å². The molecule has 1 atom stereocenters. The summed E-state index contributed by atoms with van der Waals surface area (Å²) in [7, 11) is 0. The van der Waals surface area contributed by atoms with Crippen molar-refractivity contribution in [1.29, 1.82) is 0 Å². The Bertz CT molecular complexity index is 566. The topological polar surface area (TPSA) is 58.6 Å². The lowest BCUT2D eigenvalue weighted by molar-refractivity contribution is -0.121. The third-order valence-electron chi connectivity index (χ3n) is 3.53. The maximum atomic E-state index is 13.6. The quantitative estimate of drug-likeness (QED) is 0.933. The number of ether oxygens (including phenoxy) is 1. The maximum Gasteiger partial charge on any atom is 0.409 e. The minimum atomic E-state index is -1.09. The summed E-state index contributed by atoms with van der Waals surface area (Å²) in [6.45, 7) is 2.71. The maximum absolute atomic E-state index is 13.6. The van der Waals surface area contributed by atoms with Crippen molar-refractivity contribution in [2.24, 2.45) is 5.92 Å². The molecule has 1 aliphatic rings. The van der Waals surface area contributed by atoms with Gasteiger partial charge in [0.15, 0.2) is 11.6 Å². The second-order valence-corrected chi connectivity index (χ2v) is 5.07. The van der Waals surface area contributed by atoms with Gasteiger partial charge in [0.25, 0.3) is 0 Å². The third-order valence-corrected chi connectivity index (χ3v) is 3.53. The van der Waals surface area contributed by atoms with E-state index in [1.54, 1.807) is 6.92 Å². The molecule has 1 unspecified atom stereocenters. The Kier molecular flexibility index (Phi) is 5.30. The molecule has 0 aliphatic carbocycles. The summed E-state index contributed by atoms with van der Waals surface area (Å²) < 4.78 is 31.6. The molecule has 22 heavy (non-hydrogen) atoms. The smallest absolute Gasteiger partial charge is 0.409 e. The number of carbonyl (C=O) groups excluding carboxylic acids is 2. The molecule has 2 amide bonds. The summed E-state index contributed by atoms with van der Waals surface area (Å²) in [5.74, 6) is -3.01. The second kappa shape index (κ2) is 7.20. The number of rotatable bonds is 3. The van der Waals surface area contributed by atoms with E-state index in [1.165, 1.54) is 17.0 Å². The number of hydrogen-bond donors (Lipinski definition) is 1. The van der Waals surface area contributed by atoms with Crippen molar-refractivity contribution in [2.45, 2.75) is 19.8 Å². The number of hydrogen-bond acceptors (Lipinski definition) is 3. The normalized spacial score (nSPS) is 18.0. The molecule has 0 aromatic heterocycles. The highest BCUT2D eigenvalue weighted by Crippen LogP contribution is 2.21. The highest BCUT2D eigenvalue weighted by Gasteiger charge is 2.29. The van der Waals surface area contributed by atoms with Gasteiger partial charge in [0, 0.05) is 13.1 Å². The minimum absolute atomic E-state index is 0.196. The Morgan fingerprint density at radius 3 is 2.91 bits per heavy atom. The van der Waals surface area contributed by atoms with Crippen LogP contribution in [0.2, 0.25) is 0 Å². The van der Waals surface area contributed by atoms with E-state index >= 15 is 0 Å². The lowest BCUT2D eigenvalue weighted by Gasteiger charge is -2.31. The number of piperidine rings is 1. The van der Waals surface area contributed by atoms with Gasteiger partial charge in [0.1, 0.15) is 0 Å². The Balaban J connectivity index is 2.00. The summed E-state index contributed by atoms with van der Waals surface area (Å²) in [6, 6.07) is 3.59. The summed E-state index contributed by atoms with van der Waals surface area (Å²) in [5, 5.41) is 2.38. The van der Waals surface area contributed by atoms with Gasteiger partial charge in [0.05, 0.1) is 18.2 Å². The van der Waals surface area contributed by atoms with Gasteiger partial charge in [0.2, 0.25) is 5.91 Å². The highest BCUT2D eigenvalue weighted by atomic mass is 19.2. The fourth-order valence-electron chi connectivity index (χ4n) is 2.41. The van der Waals surface area contributed by atoms with Crippen LogP contribution in [0.25, 0.3) is 0 Å². The highest BCUT2D eigenvalue weighted by molar-refractivity contribution is 5.93. The van der Waals surface area contributed by atoms with Crippen LogP contribution >= 0.6 is 0 Å². The van der Waals surface area contributed by atoms with Crippen LogP contribution in [-0.2, 0) is 9.53 Å². The van der Waals surface area contributed by atoms with E-state index in [0.717, 1.165) is 6.07 Å². The molecule has 0 bridgehead atoms. The molecule has 1 heterocycles. The second-order valence-electron chi connectivity index (χ2n) is 5.07.